The van der Waals surface area contributed by atoms with E-state index in [0.717, 1.165) is 17.7 Å². The number of hydrogen-bond acceptors (Lipinski definition) is 3. The number of hydrogen-bond donors (Lipinski definition) is 2. The van der Waals surface area contributed by atoms with E-state index in [2.05, 4.69) is 10.3 Å². The quantitative estimate of drug-likeness (QED) is 0.369. The molecule has 2 unspecified atom stereocenters. The lowest BCUT2D eigenvalue weighted by Crippen LogP contribution is -2.38. The van der Waals surface area contributed by atoms with E-state index < -0.39 is 0 Å². The van der Waals surface area contributed by atoms with Gasteiger partial charge in [-0.05, 0) is 24.6 Å². The second-order valence-electron chi connectivity index (χ2n) is 6.18. The summed E-state index contributed by atoms with van der Waals surface area (Å²) in [5.74, 6) is 1.08. The Morgan fingerprint density at radius 2 is 2.04 bits per heavy atom. The van der Waals surface area contributed by atoms with Crippen LogP contribution in [-0.4, -0.2) is 25.2 Å². The molecule has 1 aliphatic rings. The summed E-state index contributed by atoms with van der Waals surface area (Å²) < 4.78 is 25.1. The molecule has 1 heterocycles. The topological polar surface area (TPSA) is 68.9 Å². The fourth-order valence-electron chi connectivity index (χ4n) is 2.89. The first kappa shape index (κ1) is 21.3. The number of fused-ring (bicyclic) bond motifs is 1. The molecular weight excluding hydrogens is 460 g/mol. The highest BCUT2D eigenvalue weighted by Crippen LogP contribution is 2.31. The maximum atomic E-state index is 13.7. The van der Waals surface area contributed by atoms with Crippen LogP contribution in [0.5, 0.6) is 11.5 Å². The van der Waals surface area contributed by atoms with Gasteiger partial charge in [0.1, 0.15) is 11.9 Å². The summed E-state index contributed by atoms with van der Waals surface area (Å²) in [5.41, 5.74) is 7.13. The summed E-state index contributed by atoms with van der Waals surface area (Å²) in [7, 11) is 0. The molecule has 0 radical (unpaired) electrons. The highest BCUT2D eigenvalue weighted by molar-refractivity contribution is 14.0. The van der Waals surface area contributed by atoms with Crippen molar-refractivity contribution in [1.29, 1.82) is 0 Å². The molecule has 146 valence electrons. The van der Waals surface area contributed by atoms with Crippen molar-refractivity contribution in [3.63, 3.8) is 0 Å². The molecule has 27 heavy (non-hydrogen) atoms. The van der Waals surface area contributed by atoms with Crippen molar-refractivity contribution in [2.45, 2.75) is 31.9 Å². The number of nitrogens with zero attached hydrogens (tertiary/aromatic N) is 1. The van der Waals surface area contributed by atoms with Crippen molar-refractivity contribution < 1.29 is 13.9 Å². The van der Waals surface area contributed by atoms with Gasteiger partial charge in [0.2, 0.25) is 0 Å². The molecule has 0 aromatic heterocycles. The molecule has 2 aromatic carbocycles. The predicted octanol–water partition coefficient (Wildman–Crippen LogP) is 4.03. The molecule has 2 aromatic rings. The molecule has 3 rings (SSSR count). The van der Waals surface area contributed by atoms with Crippen molar-refractivity contribution in [2.75, 3.05) is 13.2 Å². The van der Waals surface area contributed by atoms with Crippen molar-refractivity contribution in [2.24, 2.45) is 10.7 Å². The molecule has 0 spiro atoms. The molecule has 3 N–H and O–H groups in total. The van der Waals surface area contributed by atoms with E-state index in [0.29, 0.717) is 25.5 Å². The number of para-hydroxylation sites is 2. The van der Waals surface area contributed by atoms with Crippen LogP contribution in [0, 0.1) is 5.82 Å². The summed E-state index contributed by atoms with van der Waals surface area (Å²) in [6, 6.07) is 14.3. The Hall–Kier alpha value is -2.03. The fourth-order valence-corrected chi connectivity index (χ4v) is 2.89. The Labute approximate surface area is 176 Å². The van der Waals surface area contributed by atoms with Gasteiger partial charge >= 0.3 is 0 Å². The zero-order chi connectivity index (χ0) is 18.4. The van der Waals surface area contributed by atoms with Gasteiger partial charge in [0.15, 0.2) is 17.5 Å². The van der Waals surface area contributed by atoms with E-state index in [1.54, 1.807) is 18.2 Å². The standard InChI is InChI=1S/C20H24FN3O2.HI/c1-2-14(26-19-10-6-4-8-16(19)21)13-23-20(22)24-17-11-12-25-18-9-5-3-7-15(17)18;/h3-10,14,17H,2,11-13H2,1H3,(H3,22,23,24);1H. The van der Waals surface area contributed by atoms with Crippen LogP contribution in [0.3, 0.4) is 0 Å². The summed E-state index contributed by atoms with van der Waals surface area (Å²) in [4.78, 5) is 4.38. The Balaban J connectivity index is 0.00000261. The third-order valence-electron chi connectivity index (χ3n) is 4.33. The fraction of sp³-hybridized carbons (Fsp3) is 0.350. The van der Waals surface area contributed by atoms with Crippen LogP contribution in [0.2, 0.25) is 0 Å². The second-order valence-corrected chi connectivity index (χ2v) is 6.18. The highest BCUT2D eigenvalue weighted by Gasteiger charge is 2.21. The number of rotatable bonds is 6. The third-order valence-corrected chi connectivity index (χ3v) is 4.33. The lowest BCUT2D eigenvalue weighted by Gasteiger charge is -2.27. The molecule has 0 saturated carbocycles. The molecule has 0 fully saturated rings. The van der Waals surface area contributed by atoms with E-state index in [-0.39, 0.29) is 47.7 Å². The van der Waals surface area contributed by atoms with Crippen LogP contribution >= 0.6 is 24.0 Å². The molecule has 2 atom stereocenters. The van der Waals surface area contributed by atoms with Crippen LogP contribution in [0.15, 0.2) is 53.5 Å². The van der Waals surface area contributed by atoms with Crippen LogP contribution in [0.4, 0.5) is 4.39 Å². The predicted molar refractivity (Wildman–Crippen MR) is 115 cm³/mol. The number of ether oxygens (including phenoxy) is 2. The van der Waals surface area contributed by atoms with Crippen molar-refractivity contribution >= 4 is 29.9 Å². The lowest BCUT2D eigenvalue weighted by atomic mass is 10.0. The van der Waals surface area contributed by atoms with Gasteiger partial charge in [-0.3, -0.25) is 0 Å². The average Bonchev–Trinajstić information content (AvgIpc) is 2.67. The van der Waals surface area contributed by atoms with Gasteiger partial charge in [0.25, 0.3) is 0 Å². The third kappa shape index (κ3) is 5.72. The van der Waals surface area contributed by atoms with Crippen molar-refractivity contribution in [3.8, 4) is 11.5 Å². The van der Waals surface area contributed by atoms with Crippen LogP contribution in [0.25, 0.3) is 0 Å². The van der Waals surface area contributed by atoms with E-state index in [1.165, 1.54) is 6.07 Å². The van der Waals surface area contributed by atoms with E-state index >= 15 is 0 Å². The van der Waals surface area contributed by atoms with Crippen LogP contribution in [-0.2, 0) is 0 Å². The first-order valence-electron chi connectivity index (χ1n) is 8.86. The monoisotopic (exact) mass is 485 g/mol. The maximum absolute atomic E-state index is 13.7. The van der Waals surface area contributed by atoms with Gasteiger partial charge in [-0.2, -0.15) is 0 Å². The second kappa shape index (κ2) is 10.3. The minimum Gasteiger partial charge on any atom is -0.493 e. The van der Waals surface area contributed by atoms with Gasteiger partial charge in [-0.25, -0.2) is 9.38 Å². The first-order chi connectivity index (χ1) is 12.7. The molecule has 0 bridgehead atoms. The molecule has 0 amide bonds. The Kier molecular flexibility index (Phi) is 8.15. The van der Waals surface area contributed by atoms with Gasteiger partial charge in [-0.15, -0.1) is 24.0 Å². The van der Waals surface area contributed by atoms with Gasteiger partial charge in [0, 0.05) is 12.0 Å². The summed E-state index contributed by atoms with van der Waals surface area (Å²) in [6.07, 6.45) is 1.27. The molecule has 0 saturated heterocycles. The summed E-state index contributed by atoms with van der Waals surface area (Å²) in [5, 5.41) is 3.25. The van der Waals surface area contributed by atoms with Gasteiger partial charge < -0.3 is 20.5 Å². The number of guanidine groups is 1. The largest absolute Gasteiger partial charge is 0.493 e. The summed E-state index contributed by atoms with van der Waals surface area (Å²) in [6.45, 7) is 2.96. The van der Waals surface area contributed by atoms with E-state index in [9.17, 15) is 4.39 Å². The Morgan fingerprint density at radius 1 is 1.30 bits per heavy atom. The maximum Gasteiger partial charge on any atom is 0.189 e. The number of halogens is 2. The van der Waals surface area contributed by atoms with Crippen LogP contribution in [0.1, 0.15) is 31.4 Å². The van der Waals surface area contributed by atoms with Crippen molar-refractivity contribution in [3.05, 3.63) is 59.9 Å². The van der Waals surface area contributed by atoms with Crippen molar-refractivity contribution in [1.82, 2.24) is 5.32 Å². The van der Waals surface area contributed by atoms with E-state index in [4.69, 9.17) is 15.2 Å². The number of nitrogens with one attached hydrogen (secondary N) is 1. The lowest BCUT2D eigenvalue weighted by molar-refractivity contribution is 0.196. The molecule has 5 nitrogen and oxygen atoms in total. The smallest absolute Gasteiger partial charge is 0.189 e. The zero-order valence-electron chi connectivity index (χ0n) is 15.2. The highest BCUT2D eigenvalue weighted by atomic mass is 127. The molecule has 1 aliphatic heterocycles. The minimum atomic E-state index is -0.375. The average molecular weight is 485 g/mol. The number of aliphatic imine (C=N–C) groups is 1. The first-order valence-corrected chi connectivity index (χ1v) is 8.86. The minimum absolute atomic E-state index is 0. The van der Waals surface area contributed by atoms with Gasteiger partial charge in [0.05, 0.1) is 19.2 Å². The van der Waals surface area contributed by atoms with E-state index in [1.807, 2.05) is 31.2 Å². The summed E-state index contributed by atoms with van der Waals surface area (Å²) >= 11 is 0. The number of nitrogens with two attached hydrogens (primary N) is 1. The number of benzene rings is 2. The van der Waals surface area contributed by atoms with Crippen LogP contribution < -0.4 is 20.5 Å². The normalized spacial score (nSPS) is 17.1. The Bertz CT molecular complexity index is 772. The molecule has 0 aliphatic carbocycles. The Morgan fingerprint density at radius 3 is 2.81 bits per heavy atom. The van der Waals surface area contributed by atoms with Gasteiger partial charge in [-0.1, -0.05) is 37.3 Å². The molecular formula is C20H25FIN3O2. The zero-order valence-corrected chi connectivity index (χ0v) is 17.6. The molecule has 7 heteroatoms. The SMILES string of the molecule is CCC(CN=C(N)NC1CCOc2ccccc21)Oc1ccccc1F.I.